The normalized spacial score (nSPS) is 27.5. The molecule has 5 aromatic carbocycles. The Hall–Kier alpha value is -5.64. The molecule has 2 aliphatic carbocycles. The number of phenolic OH excluding ortho intramolecular Hbond substituents is 1. The number of imide groups is 2. The third kappa shape index (κ3) is 4.64. The molecule has 9 rings (SSSR count). The maximum Gasteiger partial charge on any atom is 0.258 e. The Bertz CT molecular complexity index is 2490. The zero-order chi connectivity index (χ0) is 37.7. The lowest BCUT2D eigenvalue weighted by molar-refractivity contribution is -0.125. The fourth-order valence-corrected chi connectivity index (χ4v) is 9.95. The van der Waals surface area contributed by atoms with Gasteiger partial charge in [-0.2, -0.15) is 0 Å². The van der Waals surface area contributed by atoms with Crippen LogP contribution in [0.5, 0.6) is 5.75 Å². The summed E-state index contributed by atoms with van der Waals surface area (Å²) in [5.41, 5.74) is 1.97. The second kappa shape index (κ2) is 12.2. The Kier molecular flexibility index (Phi) is 7.71. The van der Waals surface area contributed by atoms with Gasteiger partial charge in [-0.05, 0) is 72.7 Å². The van der Waals surface area contributed by atoms with Gasteiger partial charge in [-0.15, -0.1) is 23.2 Å². The highest BCUT2D eigenvalue weighted by Gasteiger charge is 2.77. The Morgan fingerprint density at radius 3 is 2.06 bits per heavy atom. The van der Waals surface area contributed by atoms with Crippen LogP contribution in [0.2, 0.25) is 0 Å². The molecule has 0 aromatic heterocycles. The van der Waals surface area contributed by atoms with Crippen molar-refractivity contribution in [2.24, 2.45) is 17.8 Å². The molecule has 6 atom stereocenters. The van der Waals surface area contributed by atoms with Gasteiger partial charge < -0.3 is 5.11 Å². The molecule has 54 heavy (non-hydrogen) atoms. The molecule has 2 saturated heterocycles. The van der Waals surface area contributed by atoms with Gasteiger partial charge >= 0.3 is 0 Å². The van der Waals surface area contributed by atoms with Gasteiger partial charge in [0.15, 0.2) is 15.5 Å². The van der Waals surface area contributed by atoms with Crippen molar-refractivity contribution in [3.05, 3.63) is 149 Å². The Morgan fingerprint density at radius 2 is 1.33 bits per heavy atom. The zero-order valence-corrected chi connectivity index (χ0v) is 29.8. The largest absolute Gasteiger partial charge is 0.507 e. The lowest BCUT2D eigenvalue weighted by Crippen LogP contribution is -2.60. The molecule has 11 heteroatoms. The first-order chi connectivity index (χ1) is 26.0. The first kappa shape index (κ1) is 34.1. The molecule has 0 spiro atoms. The third-order valence-electron chi connectivity index (χ3n) is 11.6. The maximum atomic E-state index is 14.7. The van der Waals surface area contributed by atoms with Crippen molar-refractivity contribution in [2.45, 2.75) is 28.5 Å². The van der Waals surface area contributed by atoms with Crippen molar-refractivity contribution < 1.29 is 33.5 Å². The molecule has 268 valence electrons. The summed E-state index contributed by atoms with van der Waals surface area (Å²) >= 11 is 15.0. The van der Waals surface area contributed by atoms with Gasteiger partial charge in [0.05, 0.1) is 23.2 Å². The van der Waals surface area contributed by atoms with Crippen molar-refractivity contribution in [1.29, 1.82) is 0 Å². The van der Waals surface area contributed by atoms with Crippen LogP contribution in [-0.4, -0.2) is 44.3 Å². The summed E-state index contributed by atoms with van der Waals surface area (Å²) in [5.74, 6) is -7.46. The molecule has 0 bridgehead atoms. The van der Waals surface area contributed by atoms with E-state index < -0.39 is 62.9 Å². The molecule has 0 radical (unpaired) electrons. The molecule has 8 nitrogen and oxygen atoms in total. The van der Waals surface area contributed by atoms with Gasteiger partial charge in [0.25, 0.3) is 11.8 Å². The molecule has 5 aromatic rings. The lowest BCUT2D eigenvalue weighted by atomic mass is 9.56. The summed E-state index contributed by atoms with van der Waals surface area (Å²) in [6, 6.07) is 30.3. The maximum absolute atomic E-state index is 14.7. The average molecular weight is 760 g/mol. The number of hydrogen-bond acceptors (Lipinski definition) is 6. The second-order valence-electron chi connectivity index (χ2n) is 14.2. The molecule has 2 aliphatic heterocycles. The number of nitrogens with zero attached hydrogens (tertiary/aromatic N) is 2. The fourth-order valence-electron chi connectivity index (χ4n) is 9.02. The van der Waals surface area contributed by atoms with Gasteiger partial charge in [-0.1, -0.05) is 78.4 Å². The molecule has 4 amide bonds. The fraction of sp³-hybridized carbons (Fsp3) is 0.186. The van der Waals surface area contributed by atoms with Crippen LogP contribution in [0.4, 0.5) is 15.8 Å². The van der Waals surface area contributed by atoms with Crippen LogP contribution >= 0.6 is 23.2 Å². The van der Waals surface area contributed by atoms with Crippen LogP contribution in [0.15, 0.2) is 127 Å². The number of rotatable bonds is 5. The van der Waals surface area contributed by atoms with Crippen LogP contribution in [0, 0.1) is 23.6 Å². The Labute approximate surface area is 318 Å². The number of carbonyl (C=O) groups is 5. The summed E-state index contributed by atoms with van der Waals surface area (Å²) in [6.07, 6.45) is 1.65. The second-order valence-corrected chi connectivity index (χ2v) is 15.5. The zero-order valence-electron chi connectivity index (χ0n) is 28.3. The van der Waals surface area contributed by atoms with Gasteiger partial charge in [-0.3, -0.25) is 28.9 Å². The number of allylic oxidation sites excluding steroid dienone is 2. The quantitative estimate of drug-likeness (QED) is 0.0852. The number of aromatic hydroxyl groups is 1. The molecule has 3 fully saturated rings. The number of alkyl halides is 2. The van der Waals surface area contributed by atoms with Crippen molar-refractivity contribution in [3.8, 4) is 5.75 Å². The number of ketones is 1. The number of amides is 4. The SMILES string of the molecule is O=C(c1ccccc1)c1ccc(N2C(=O)C3CC=C4C(CC5(Cl)C(=O)N(c6ccc(F)cc6)C(=O)C5(Cl)C4c4ccc5ccccc5c4O)C3C2=O)cc1. The number of hydrogen-bond donors (Lipinski definition) is 1. The van der Waals surface area contributed by atoms with Crippen LogP contribution in [-0.2, 0) is 19.2 Å². The van der Waals surface area contributed by atoms with Crippen molar-refractivity contribution >= 4 is 74.8 Å². The summed E-state index contributed by atoms with van der Waals surface area (Å²) in [5, 5.41) is 13.0. The van der Waals surface area contributed by atoms with Crippen molar-refractivity contribution in [2.75, 3.05) is 9.80 Å². The van der Waals surface area contributed by atoms with E-state index in [2.05, 4.69) is 0 Å². The number of fused-ring (bicyclic) bond motifs is 5. The predicted molar refractivity (Wildman–Crippen MR) is 201 cm³/mol. The third-order valence-corrected chi connectivity index (χ3v) is 13.0. The van der Waals surface area contributed by atoms with E-state index in [0.717, 1.165) is 27.3 Å². The van der Waals surface area contributed by atoms with E-state index in [1.165, 1.54) is 12.1 Å². The minimum Gasteiger partial charge on any atom is -0.507 e. The van der Waals surface area contributed by atoms with Crippen molar-refractivity contribution in [3.63, 3.8) is 0 Å². The summed E-state index contributed by atoms with van der Waals surface area (Å²) < 4.78 is 14.0. The van der Waals surface area contributed by atoms with Crippen LogP contribution in [0.3, 0.4) is 0 Å². The summed E-state index contributed by atoms with van der Waals surface area (Å²) in [6.45, 7) is 0. The minimum absolute atomic E-state index is 0.0599. The Morgan fingerprint density at radius 1 is 0.704 bits per heavy atom. The number of carbonyl (C=O) groups excluding carboxylic acids is 5. The van der Waals surface area contributed by atoms with E-state index in [0.29, 0.717) is 22.1 Å². The van der Waals surface area contributed by atoms with E-state index >= 15 is 0 Å². The highest BCUT2D eigenvalue weighted by molar-refractivity contribution is 6.58. The van der Waals surface area contributed by atoms with Crippen LogP contribution in [0.1, 0.15) is 40.2 Å². The lowest BCUT2D eigenvalue weighted by Gasteiger charge is -2.50. The number of halogens is 3. The molecular weight excluding hydrogens is 730 g/mol. The van der Waals surface area contributed by atoms with Crippen LogP contribution in [0.25, 0.3) is 10.8 Å². The smallest absolute Gasteiger partial charge is 0.258 e. The predicted octanol–water partition coefficient (Wildman–Crippen LogP) is 7.68. The van der Waals surface area contributed by atoms with E-state index in [1.54, 1.807) is 78.9 Å². The van der Waals surface area contributed by atoms with E-state index in [-0.39, 0.29) is 41.3 Å². The van der Waals surface area contributed by atoms with Gasteiger partial charge in [0, 0.05) is 28.0 Å². The molecular formula is C43H29Cl2FN2O6. The molecule has 1 N–H and O–H groups in total. The minimum atomic E-state index is -2.19. The van der Waals surface area contributed by atoms with E-state index in [1.807, 2.05) is 18.2 Å². The first-order valence-electron chi connectivity index (χ1n) is 17.5. The average Bonchev–Trinajstić information content (AvgIpc) is 3.53. The van der Waals surface area contributed by atoms with Crippen molar-refractivity contribution in [1.82, 2.24) is 0 Å². The molecule has 2 heterocycles. The highest BCUT2D eigenvalue weighted by atomic mass is 35.5. The molecule has 6 unspecified atom stereocenters. The van der Waals surface area contributed by atoms with E-state index in [4.69, 9.17) is 23.2 Å². The summed E-state index contributed by atoms with van der Waals surface area (Å²) in [4.78, 5) is 68.6. The van der Waals surface area contributed by atoms with Gasteiger partial charge in [0.2, 0.25) is 11.8 Å². The number of anilines is 2. The monoisotopic (exact) mass is 758 g/mol. The van der Waals surface area contributed by atoms with E-state index in [9.17, 15) is 33.5 Å². The summed E-state index contributed by atoms with van der Waals surface area (Å²) in [7, 11) is 0. The Balaban J connectivity index is 1.15. The van der Waals surface area contributed by atoms with Gasteiger partial charge in [0.1, 0.15) is 11.6 Å². The number of benzene rings is 5. The first-order valence-corrected chi connectivity index (χ1v) is 18.2. The highest BCUT2D eigenvalue weighted by Crippen LogP contribution is 2.66. The molecule has 1 saturated carbocycles. The topological polar surface area (TPSA) is 112 Å². The standard InChI is InChI=1S/C43H29Cl2FN2O6/c44-42-22-33-30(20-21-31-34(33)39(52)47(38(31)51)27-15-10-25(11-16-27)36(49)24-7-2-1-3-8-24)35(32-19-12-23-6-4-5-9-29(23)37(32)50)43(42,45)41(54)48(40(42)53)28-17-13-26(46)14-18-28/h1-20,31,33-35,50H,21-22H2. The van der Waals surface area contributed by atoms with Gasteiger partial charge in [-0.25, -0.2) is 9.29 Å². The van der Waals surface area contributed by atoms with Crippen LogP contribution < -0.4 is 9.80 Å². The molecule has 4 aliphatic rings. The number of phenols is 1.